The van der Waals surface area contributed by atoms with Crippen molar-refractivity contribution in [1.82, 2.24) is 24.5 Å². The summed E-state index contributed by atoms with van der Waals surface area (Å²) < 4.78 is 5.60. The molecule has 0 aliphatic carbocycles. The summed E-state index contributed by atoms with van der Waals surface area (Å²) in [6.45, 7) is 12.0. The highest BCUT2D eigenvalue weighted by molar-refractivity contribution is 5.70. The third-order valence-electron chi connectivity index (χ3n) is 7.10. The van der Waals surface area contributed by atoms with Crippen molar-refractivity contribution in [1.29, 1.82) is 0 Å². The fourth-order valence-corrected chi connectivity index (χ4v) is 5.11. The van der Waals surface area contributed by atoms with E-state index in [2.05, 4.69) is 45.0 Å². The van der Waals surface area contributed by atoms with Crippen molar-refractivity contribution < 1.29 is 19.4 Å². The van der Waals surface area contributed by atoms with Gasteiger partial charge in [0.25, 0.3) is 0 Å². The van der Waals surface area contributed by atoms with E-state index in [1.54, 1.807) is 0 Å². The molecule has 9 heteroatoms. The van der Waals surface area contributed by atoms with Gasteiger partial charge in [-0.2, -0.15) is 0 Å². The van der Waals surface area contributed by atoms with Crippen molar-refractivity contribution in [3.05, 3.63) is 35.9 Å². The summed E-state index contributed by atoms with van der Waals surface area (Å²) >= 11 is 0. The summed E-state index contributed by atoms with van der Waals surface area (Å²) in [5.41, 5.74) is 1.38. The Hall–Kier alpha value is -2.20. The first-order valence-corrected chi connectivity index (χ1v) is 12.7. The predicted molar refractivity (Wildman–Crippen MR) is 130 cm³/mol. The molecule has 188 valence electrons. The van der Waals surface area contributed by atoms with Crippen molar-refractivity contribution in [2.24, 2.45) is 0 Å². The van der Waals surface area contributed by atoms with E-state index < -0.39 is 5.97 Å². The number of piperazine rings is 2. The number of carbonyl (C=O) groups excluding carboxylic acids is 1. The average molecular weight is 474 g/mol. The van der Waals surface area contributed by atoms with E-state index in [0.717, 1.165) is 91.4 Å². The molecule has 0 radical (unpaired) electrons. The molecule has 34 heavy (non-hydrogen) atoms. The Balaban J connectivity index is 1.06. The smallest absolute Gasteiger partial charge is 0.410 e. The van der Waals surface area contributed by atoms with Crippen LogP contribution in [-0.4, -0.2) is 133 Å². The first-order chi connectivity index (χ1) is 16.5. The number of carboxylic acids is 1. The minimum atomic E-state index is -0.779. The monoisotopic (exact) mass is 473 g/mol. The first-order valence-electron chi connectivity index (χ1n) is 12.7. The summed E-state index contributed by atoms with van der Waals surface area (Å²) in [4.78, 5) is 34.3. The first kappa shape index (κ1) is 24.9. The lowest BCUT2D eigenvalue weighted by Crippen LogP contribution is -2.50. The molecule has 3 aliphatic heterocycles. The second kappa shape index (κ2) is 12.5. The number of cyclic esters (lactones) is 1. The van der Waals surface area contributed by atoms with Gasteiger partial charge in [-0.25, -0.2) is 4.79 Å². The van der Waals surface area contributed by atoms with Gasteiger partial charge in [0.2, 0.25) is 0 Å². The third kappa shape index (κ3) is 7.66. The maximum atomic E-state index is 12.3. The van der Waals surface area contributed by atoms with Crippen LogP contribution < -0.4 is 0 Å². The van der Waals surface area contributed by atoms with Gasteiger partial charge in [0, 0.05) is 72.0 Å². The van der Waals surface area contributed by atoms with Gasteiger partial charge in [-0.3, -0.25) is 19.5 Å². The summed E-state index contributed by atoms with van der Waals surface area (Å²) in [6.07, 6.45) is 1.82. The van der Waals surface area contributed by atoms with Crippen molar-refractivity contribution in [3.8, 4) is 0 Å². The summed E-state index contributed by atoms with van der Waals surface area (Å²) in [7, 11) is 0. The maximum absolute atomic E-state index is 12.3. The molecular formula is C25H39N5O4. The molecular weight excluding hydrogens is 434 g/mol. The molecule has 3 aliphatic rings. The molecule has 0 saturated carbocycles. The number of hydrogen-bond acceptors (Lipinski definition) is 7. The van der Waals surface area contributed by atoms with Gasteiger partial charge in [0.15, 0.2) is 0 Å². The van der Waals surface area contributed by atoms with Gasteiger partial charge in [-0.15, -0.1) is 0 Å². The highest BCUT2D eigenvalue weighted by atomic mass is 16.6. The highest BCUT2D eigenvalue weighted by Gasteiger charge is 2.32. The Bertz CT molecular complexity index is 779. The molecule has 0 spiro atoms. The van der Waals surface area contributed by atoms with Gasteiger partial charge in [-0.05, 0) is 24.9 Å². The lowest BCUT2D eigenvalue weighted by atomic mass is 10.2. The van der Waals surface area contributed by atoms with Crippen LogP contribution in [0.1, 0.15) is 18.4 Å². The number of hydrogen-bond donors (Lipinski definition) is 1. The van der Waals surface area contributed by atoms with Crippen LogP contribution in [0.15, 0.2) is 30.3 Å². The fraction of sp³-hybridized carbons (Fsp3) is 0.680. The minimum absolute atomic E-state index is 0.0868. The topological polar surface area (TPSA) is 79.8 Å². The van der Waals surface area contributed by atoms with Crippen LogP contribution in [0.5, 0.6) is 0 Å². The number of rotatable bonds is 11. The molecule has 4 rings (SSSR count). The number of nitrogens with zero attached hydrogens (tertiary/aromatic N) is 5. The van der Waals surface area contributed by atoms with Gasteiger partial charge in [-0.1, -0.05) is 30.3 Å². The van der Waals surface area contributed by atoms with Gasteiger partial charge >= 0.3 is 12.1 Å². The zero-order chi connectivity index (χ0) is 23.8. The van der Waals surface area contributed by atoms with Crippen LogP contribution in [0.3, 0.4) is 0 Å². The zero-order valence-electron chi connectivity index (χ0n) is 20.2. The van der Waals surface area contributed by atoms with Crippen molar-refractivity contribution in [3.63, 3.8) is 0 Å². The van der Waals surface area contributed by atoms with Crippen LogP contribution in [0.4, 0.5) is 4.79 Å². The van der Waals surface area contributed by atoms with Gasteiger partial charge < -0.3 is 19.6 Å². The minimum Gasteiger partial charge on any atom is -0.480 e. The number of aliphatic carboxylic acids is 1. The number of ether oxygens (including phenoxy) is 1. The van der Waals surface area contributed by atoms with E-state index >= 15 is 0 Å². The highest BCUT2D eigenvalue weighted by Crippen LogP contribution is 2.15. The number of carboxylic acid groups (broad SMARTS) is 1. The lowest BCUT2D eigenvalue weighted by molar-refractivity contribution is -0.138. The van der Waals surface area contributed by atoms with Crippen LogP contribution >= 0.6 is 0 Å². The molecule has 3 fully saturated rings. The predicted octanol–water partition coefficient (Wildman–Crippen LogP) is 1.11. The molecule has 9 nitrogen and oxygen atoms in total. The summed E-state index contributed by atoms with van der Waals surface area (Å²) in [5.74, 6) is -0.779. The molecule has 1 aromatic carbocycles. The van der Waals surface area contributed by atoms with Gasteiger partial charge in [0.1, 0.15) is 6.10 Å². The largest absolute Gasteiger partial charge is 0.480 e. The van der Waals surface area contributed by atoms with E-state index in [9.17, 15) is 9.59 Å². The Morgan fingerprint density at radius 1 is 0.853 bits per heavy atom. The Kier molecular flexibility index (Phi) is 9.15. The van der Waals surface area contributed by atoms with Crippen molar-refractivity contribution in [2.45, 2.75) is 25.5 Å². The van der Waals surface area contributed by atoms with Crippen LogP contribution in [0.2, 0.25) is 0 Å². The second-order valence-corrected chi connectivity index (χ2v) is 9.73. The Morgan fingerprint density at radius 3 is 2.18 bits per heavy atom. The van der Waals surface area contributed by atoms with Gasteiger partial charge in [0.05, 0.1) is 13.1 Å². The Labute approximate surface area is 202 Å². The molecule has 1 N–H and O–H groups in total. The zero-order valence-corrected chi connectivity index (χ0v) is 20.2. The Morgan fingerprint density at radius 2 is 1.47 bits per heavy atom. The van der Waals surface area contributed by atoms with E-state index in [0.29, 0.717) is 6.54 Å². The molecule has 0 bridgehead atoms. The van der Waals surface area contributed by atoms with E-state index in [1.807, 2.05) is 9.80 Å². The molecule has 1 amide bonds. The van der Waals surface area contributed by atoms with Crippen LogP contribution in [0, 0.1) is 0 Å². The quantitative estimate of drug-likeness (QED) is 0.479. The second-order valence-electron chi connectivity index (χ2n) is 9.73. The molecule has 3 heterocycles. The molecule has 1 unspecified atom stereocenters. The van der Waals surface area contributed by atoms with Crippen molar-refractivity contribution >= 4 is 12.1 Å². The van der Waals surface area contributed by atoms with Crippen LogP contribution in [-0.2, 0) is 16.1 Å². The standard InChI is InChI=1S/C25H39N5O4/c31-24(32)21-29-16-14-28(15-17-29)19-23-20-30(25(33)34-23)9-5-4-8-26-10-12-27(13-11-26)18-22-6-2-1-3-7-22/h1-3,6-7,23H,4-5,8-21H2,(H,31,32). The van der Waals surface area contributed by atoms with Crippen LogP contribution in [0.25, 0.3) is 0 Å². The third-order valence-corrected chi connectivity index (χ3v) is 7.10. The SMILES string of the molecule is O=C(O)CN1CCN(CC2CN(CCCCN3CCN(Cc4ccccc4)CC3)C(=O)O2)CC1. The van der Waals surface area contributed by atoms with E-state index in [-0.39, 0.29) is 18.7 Å². The summed E-state index contributed by atoms with van der Waals surface area (Å²) in [5, 5.41) is 8.92. The summed E-state index contributed by atoms with van der Waals surface area (Å²) in [6, 6.07) is 10.7. The van der Waals surface area contributed by atoms with Crippen molar-refractivity contribution in [2.75, 3.05) is 85.1 Å². The average Bonchev–Trinajstić information content (AvgIpc) is 3.18. The lowest BCUT2D eigenvalue weighted by Gasteiger charge is -2.34. The van der Waals surface area contributed by atoms with E-state index in [1.165, 1.54) is 5.56 Å². The fourth-order valence-electron chi connectivity index (χ4n) is 5.11. The molecule has 0 aromatic heterocycles. The maximum Gasteiger partial charge on any atom is 0.410 e. The molecule has 1 atom stereocenters. The van der Waals surface area contributed by atoms with E-state index in [4.69, 9.17) is 9.84 Å². The molecule has 3 saturated heterocycles. The number of benzene rings is 1. The number of amides is 1. The number of unbranched alkanes of at least 4 members (excludes halogenated alkanes) is 1. The number of carbonyl (C=O) groups is 2. The normalized spacial score (nSPS) is 23.4. The molecule has 1 aromatic rings.